The lowest BCUT2D eigenvalue weighted by Crippen LogP contribution is -2.55. The first kappa shape index (κ1) is 17.4. The highest BCUT2D eigenvalue weighted by Gasteiger charge is 2.27. The molecule has 0 unspecified atom stereocenters. The summed E-state index contributed by atoms with van der Waals surface area (Å²) in [5, 5.41) is 1.36. The first-order valence-electron chi connectivity index (χ1n) is 7.64. The quantitative estimate of drug-likeness (QED) is 0.892. The Morgan fingerprint density at radius 3 is 2.68 bits per heavy atom. The van der Waals surface area contributed by atoms with E-state index in [9.17, 15) is 9.59 Å². The molecule has 25 heavy (non-hydrogen) atoms. The van der Waals surface area contributed by atoms with Crippen LogP contribution in [0.2, 0.25) is 4.34 Å². The molecule has 1 aliphatic heterocycles. The number of carbonyl (C=O) groups excluding carboxylic acids is 2. The number of halogens is 1. The maximum absolute atomic E-state index is 12.6. The molecule has 2 aromatic rings. The number of amidine groups is 1. The number of hydrogen-bond donors (Lipinski definition) is 1. The van der Waals surface area contributed by atoms with E-state index in [0.29, 0.717) is 16.6 Å². The Bertz CT molecular complexity index is 831. The van der Waals surface area contributed by atoms with Crippen molar-refractivity contribution < 1.29 is 9.59 Å². The number of hydrogen-bond acceptors (Lipinski definition) is 5. The summed E-state index contributed by atoms with van der Waals surface area (Å²) >= 11 is 7.35. The van der Waals surface area contributed by atoms with Gasteiger partial charge in [0.1, 0.15) is 6.54 Å². The van der Waals surface area contributed by atoms with E-state index in [-0.39, 0.29) is 24.2 Å². The Labute approximate surface area is 154 Å². The minimum atomic E-state index is -0.283. The molecule has 1 aromatic heterocycles. The molecule has 0 saturated carbocycles. The minimum Gasteiger partial charge on any atom is -0.334 e. The van der Waals surface area contributed by atoms with Gasteiger partial charge < -0.3 is 4.90 Å². The summed E-state index contributed by atoms with van der Waals surface area (Å²) in [5.41, 5.74) is 4.59. The van der Waals surface area contributed by atoms with Crippen molar-refractivity contribution in [3.05, 3.63) is 51.2 Å². The summed E-state index contributed by atoms with van der Waals surface area (Å²) in [5.74, 6) is -0.354. The first-order valence-corrected chi connectivity index (χ1v) is 8.84. The van der Waals surface area contributed by atoms with Crippen LogP contribution in [0, 0.1) is 6.92 Å². The third-order valence-electron chi connectivity index (χ3n) is 3.70. The van der Waals surface area contributed by atoms with Gasteiger partial charge in [0.25, 0.3) is 11.8 Å². The van der Waals surface area contributed by atoms with E-state index in [4.69, 9.17) is 11.6 Å². The fourth-order valence-corrected chi connectivity index (χ4v) is 3.50. The maximum Gasteiger partial charge on any atom is 0.290 e. The number of carbonyl (C=O) groups is 2. The van der Waals surface area contributed by atoms with Gasteiger partial charge in [-0.2, -0.15) is 0 Å². The molecule has 0 bridgehead atoms. The van der Waals surface area contributed by atoms with Crippen molar-refractivity contribution in [3.8, 4) is 0 Å². The Morgan fingerprint density at radius 2 is 2.04 bits per heavy atom. The van der Waals surface area contributed by atoms with Gasteiger partial charge in [-0.25, -0.2) is 5.01 Å². The number of benzene rings is 1. The predicted molar refractivity (Wildman–Crippen MR) is 99.9 cm³/mol. The van der Waals surface area contributed by atoms with Crippen molar-refractivity contribution in [2.45, 2.75) is 13.5 Å². The van der Waals surface area contributed by atoms with Crippen molar-refractivity contribution in [2.75, 3.05) is 18.6 Å². The molecule has 0 atom stereocenters. The average molecular weight is 377 g/mol. The van der Waals surface area contributed by atoms with E-state index < -0.39 is 0 Å². The zero-order valence-electron chi connectivity index (χ0n) is 13.8. The molecule has 0 saturated heterocycles. The topological polar surface area (TPSA) is 65.0 Å². The molecule has 0 aliphatic carbocycles. The third kappa shape index (κ3) is 4.00. The van der Waals surface area contributed by atoms with Gasteiger partial charge in [0.2, 0.25) is 5.84 Å². The third-order valence-corrected chi connectivity index (χ3v) is 4.92. The fraction of sp³-hybridized carbons (Fsp3) is 0.235. The van der Waals surface area contributed by atoms with Gasteiger partial charge >= 0.3 is 0 Å². The van der Waals surface area contributed by atoms with E-state index >= 15 is 0 Å². The van der Waals surface area contributed by atoms with Crippen LogP contribution in [0.5, 0.6) is 0 Å². The highest BCUT2D eigenvalue weighted by Crippen LogP contribution is 2.22. The van der Waals surface area contributed by atoms with Gasteiger partial charge in [-0.1, -0.05) is 29.3 Å². The van der Waals surface area contributed by atoms with Gasteiger partial charge in [-0.05, 0) is 31.2 Å². The lowest BCUT2D eigenvalue weighted by molar-refractivity contribution is -0.123. The lowest BCUT2D eigenvalue weighted by Gasteiger charge is -2.29. The number of nitrogens with zero attached hydrogens (tertiary/aromatic N) is 3. The van der Waals surface area contributed by atoms with Crippen LogP contribution in [0.1, 0.15) is 10.4 Å². The normalized spacial score (nSPS) is 14.1. The number of aliphatic imine (C=N–C) groups is 1. The molecule has 3 rings (SSSR count). The molecule has 1 aromatic carbocycles. The summed E-state index contributed by atoms with van der Waals surface area (Å²) in [6, 6.07) is 11.1. The van der Waals surface area contributed by atoms with Crippen LogP contribution in [0.25, 0.3) is 0 Å². The summed E-state index contributed by atoms with van der Waals surface area (Å²) in [6.07, 6.45) is 0. The van der Waals surface area contributed by atoms with Gasteiger partial charge in [0, 0.05) is 11.9 Å². The Kier molecular flexibility index (Phi) is 5.06. The molecular formula is C17H17ClN4O2S. The summed E-state index contributed by atoms with van der Waals surface area (Å²) in [6.45, 7) is 2.33. The average Bonchev–Trinajstić information content (AvgIpc) is 3.00. The van der Waals surface area contributed by atoms with E-state index in [1.54, 1.807) is 13.1 Å². The number of hydrazine groups is 1. The van der Waals surface area contributed by atoms with Crippen molar-refractivity contribution in [2.24, 2.45) is 4.99 Å². The highest BCUT2D eigenvalue weighted by atomic mass is 35.5. The zero-order valence-corrected chi connectivity index (χ0v) is 15.4. The van der Waals surface area contributed by atoms with Crippen LogP contribution in [0.15, 0.2) is 41.4 Å². The summed E-state index contributed by atoms with van der Waals surface area (Å²) < 4.78 is 0.681. The van der Waals surface area contributed by atoms with E-state index in [1.165, 1.54) is 21.2 Å². The Morgan fingerprint density at radius 1 is 1.32 bits per heavy atom. The van der Waals surface area contributed by atoms with Crippen molar-refractivity contribution in [3.63, 3.8) is 0 Å². The molecule has 0 spiro atoms. The summed E-state index contributed by atoms with van der Waals surface area (Å²) in [7, 11) is 1.69. The SMILES string of the molecule is Cc1ccc(N2NC(C(=O)N(C)Cc3ccc(Cl)s3)=NCC2=O)cc1. The van der Waals surface area contributed by atoms with Crippen LogP contribution in [-0.4, -0.2) is 36.1 Å². The highest BCUT2D eigenvalue weighted by molar-refractivity contribution is 7.16. The monoisotopic (exact) mass is 376 g/mol. The molecule has 0 fully saturated rings. The van der Waals surface area contributed by atoms with Crippen LogP contribution in [0.3, 0.4) is 0 Å². The van der Waals surface area contributed by atoms with E-state index in [2.05, 4.69) is 10.4 Å². The molecule has 130 valence electrons. The van der Waals surface area contributed by atoms with Crippen molar-refractivity contribution in [1.82, 2.24) is 10.3 Å². The van der Waals surface area contributed by atoms with Crippen LogP contribution >= 0.6 is 22.9 Å². The van der Waals surface area contributed by atoms with Gasteiger partial charge in [0.05, 0.1) is 16.6 Å². The number of likely N-dealkylation sites (N-methyl/N-ethyl adjacent to an activating group) is 1. The molecular weight excluding hydrogens is 360 g/mol. The van der Waals surface area contributed by atoms with Crippen molar-refractivity contribution in [1.29, 1.82) is 0 Å². The maximum atomic E-state index is 12.6. The van der Waals surface area contributed by atoms with Crippen LogP contribution in [-0.2, 0) is 16.1 Å². The predicted octanol–water partition coefficient (Wildman–Crippen LogP) is 2.62. The number of nitrogens with one attached hydrogen (secondary N) is 1. The van der Waals surface area contributed by atoms with Gasteiger partial charge in [-0.3, -0.25) is 20.0 Å². The fourth-order valence-electron chi connectivity index (χ4n) is 2.36. The molecule has 8 heteroatoms. The summed E-state index contributed by atoms with van der Waals surface area (Å²) in [4.78, 5) is 31.3. The van der Waals surface area contributed by atoms with Crippen LogP contribution in [0.4, 0.5) is 5.69 Å². The molecule has 2 amide bonds. The number of rotatable bonds is 4. The van der Waals surface area contributed by atoms with Crippen LogP contribution < -0.4 is 10.4 Å². The Balaban J connectivity index is 1.72. The minimum absolute atomic E-state index is 0.0688. The lowest BCUT2D eigenvalue weighted by atomic mass is 10.2. The number of aryl methyl sites for hydroxylation is 1. The zero-order chi connectivity index (χ0) is 18.0. The second kappa shape index (κ2) is 7.25. The second-order valence-electron chi connectivity index (χ2n) is 5.71. The second-order valence-corrected chi connectivity index (χ2v) is 7.51. The number of amides is 2. The number of anilines is 1. The van der Waals surface area contributed by atoms with Gasteiger partial charge in [0.15, 0.2) is 0 Å². The molecule has 1 N–H and O–H groups in total. The Hall–Kier alpha value is -2.38. The standard InChI is InChI=1S/C17H17ClN4O2S/c1-11-3-5-12(6-4-11)22-15(23)9-19-16(20-22)17(24)21(2)10-13-7-8-14(18)25-13/h3-8H,9-10H2,1-2H3,(H,19,20). The first-order chi connectivity index (χ1) is 11.9. The number of thiophene rings is 1. The smallest absolute Gasteiger partial charge is 0.290 e. The molecule has 0 radical (unpaired) electrons. The van der Waals surface area contributed by atoms with Gasteiger partial charge in [-0.15, -0.1) is 11.3 Å². The van der Waals surface area contributed by atoms with E-state index in [1.807, 2.05) is 37.3 Å². The molecule has 2 heterocycles. The van der Waals surface area contributed by atoms with Crippen molar-refractivity contribution >= 4 is 46.3 Å². The molecule has 6 nitrogen and oxygen atoms in total. The largest absolute Gasteiger partial charge is 0.334 e. The molecule has 1 aliphatic rings. The van der Waals surface area contributed by atoms with E-state index in [0.717, 1.165) is 10.4 Å².